The summed E-state index contributed by atoms with van der Waals surface area (Å²) in [5, 5.41) is 0. The summed E-state index contributed by atoms with van der Waals surface area (Å²) in [4.78, 5) is 2.74. The van der Waals surface area contributed by atoms with Gasteiger partial charge in [0.25, 0.3) is 0 Å². The molecule has 20 heavy (non-hydrogen) atoms. The molecule has 0 amide bonds. The molecular formula is C18H40BrN. The van der Waals surface area contributed by atoms with E-state index in [1.165, 1.54) is 96.7 Å². The molecular weight excluding hydrogens is 310 g/mol. The van der Waals surface area contributed by atoms with E-state index in [0.29, 0.717) is 0 Å². The third-order valence-corrected chi connectivity index (χ3v) is 3.98. The molecule has 0 aromatic heterocycles. The maximum atomic E-state index is 2.74. The van der Waals surface area contributed by atoms with Gasteiger partial charge in [-0.15, -0.1) is 17.0 Å². The van der Waals surface area contributed by atoms with Gasteiger partial charge in [-0.2, -0.15) is 0 Å². The van der Waals surface area contributed by atoms with E-state index in [1.54, 1.807) is 0 Å². The Hall–Kier alpha value is 0.440. The van der Waals surface area contributed by atoms with Crippen LogP contribution in [-0.2, 0) is 0 Å². The second-order valence-electron chi connectivity index (χ2n) is 6.02. The van der Waals surface area contributed by atoms with Crippen molar-refractivity contribution in [2.45, 2.75) is 97.8 Å². The van der Waals surface area contributed by atoms with Crippen molar-refractivity contribution in [3.8, 4) is 0 Å². The van der Waals surface area contributed by atoms with Crippen molar-refractivity contribution in [2.75, 3.05) is 19.6 Å². The van der Waals surface area contributed by atoms with Crippen molar-refractivity contribution in [1.82, 2.24) is 4.90 Å². The number of hydrogen-bond acceptors (Lipinski definition) is 1. The normalized spacial score (nSPS) is 10.8. The molecule has 0 radical (unpaired) electrons. The van der Waals surface area contributed by atoms with Crippen LogP contribution >= 0.6 is 17.0 Å². The van der Waals surface area contributed by atoms with E-state index in [1.807, 2.05) is 0 Å². The minimum absolute atomic E-state index is 0. The van der Waals surface area contributed by atoms with Crippen LogP contribution in [0, 0.1) is 0 Å². The maximum absolute atomic E-state index is 2.74. The molecule has 2 heteroatoms. The molecule has 0 aliphatic carbocycles. The van der Waals surface area contributed by atoms with E-state index in [2.05, 4.69) is 25.7 Å². The number of hydrogen-bond donors (Lipinski definition) is 0. The first-order valence-electron chi connectivity index (χ1n) is 9.07. The third-order valence-electron chi connectivity index (χ3n) is 3.98. The zero-order chi connectivity index (χ0) is 14.2. The van der Waals surface area contributed by atoms with E-state index in [9.17, 15) is 0 Å². The van der Waals surface area contributed by atoms with Gasteiger partial charge in [0.1, 0.15) is 0 Å². The van der Waals surface area contributed by atoms with Crippen molar-refractivity contribution in [1.29, 1.82) is 0 Å². The van der Waals surface area contributed by atoms with Crippen LogP contribution < -0.4 is 0 Å². The topological polar surface area (TPSA) is 3.24 Å². The highest BCUT2D eigenvalue weighted by molar-refractivity contribution is 8.93. The first kappa shape index (κ1) is 22.7. The quantitative estimate of drug-likeness (QED) is 0.300. The van der Waals surface area contributed by atoms with Crippen molar-refractivity contribution in [3.05, 3.63) is 0 Å². The average molecular weight is 350 g/mol. The molecule has 0 heterocycles. The lowest BCUT2D eigenvalue weighted by molar-refractivity contribution is 0.255. The lowest BCUT2D eigenvalue weighted by atomic mass is 10.1. The fourth-order valence-corrected chi connectivity index (χ4v) is 2.62. The lowest BCUT2D eigenvalue weighted by Crippen LogP contribution is -2.27. The maximum Gasteiger partial charge on any atom is -0.00187 e. The molecule has 0 fully saturated rings. The Morgan fingerprint density at radius 2 is 0.750 bits per heavy atom. The molecule has 0 aromatic rings. The predicted molar refractivity (Wildman–Crippen MR) is 99.2 cm³/mol. The van der Waals surface area contributed by atoms with Crippen LogP contribution in [0.25, 0.3) is 0 Å². The van der Waals surface area contributed by atoms with Crippen molar-refractivity contribution in [3.63, 3.8) is 0 Å². The highest BCUT2D eigenvalue weighted by Crippen LogP contribution is 2.08. The summed E-state index contributed by atoms with van der Waals surface area (Å²) in [7, 11) is 0. The highest BCUT2D eigenvalue weighted by atomic mass is 79.9. The van der Waals surface area contributed by atoms with Gasteiger partial charge in [0.2, 0.25) is 0 Å². The van der Waals surface area contributed by atoms with Gasteiger partial charge in [-0.1, -0.05) is 78.6 Å². The summed E-state index contributed by atoms with van der Waals surface area (Å²) in [5.74, 6) is 0. The fourth-order valence-electron chi connectivity index (χ4n) is 2.62. The Balaban J connectivity index is 0. The molecule has 0 rings (SSSR count). The standard InChI is InChI=1S/C18H39N.BrH/c1-4-7-10-13-16-19(17-14-11-8-5-2)18-15-12-9-6-3;/h4-18H2,1-3H3;1H. The van der Waals surface area contributed by atoms with E-state index in [-0.39, 0.29) is 17.0 Å². The fraction of sp³-hybridized carbons (Fsp3) is 1.00. The molecule has 1 nitrogen and oxygen atoms in total. The number of nitrogens with zero attached hydrogens (tertiary/aromatic N) is 1. The van der Waals surface area contributed by atoms with Crippen LogP contribution in [0.5, 0.6) is 0 Å². The summed E-state index contributed by atoms with van der Waals surface area (Å²) in [5.41, 5.74) is 0. The molecule has 0 N–H and O–H groups in total. The van der Waals surface area contributed by atoms with Crippen LogP contribution in [0.2, 0.25) is 0 Å². The van der Waals surface area contributed by atoms with Crippen LogP contribution in [0.15, 0.2) is 0 Å². The van der Waals surface area contributed by atoms with Gasteiger partial charge >= 0.3 is 0 Å². The van der Waals surface area contributed by atoms with Crippen LogP contribution in [-0.4, -0.2) is 24.5 Å². The Labute approximate surface area is 139 Å². The zero-order valence-electron chi connectivity index (χ0n) is 14.5. The van der Waals surface area contributed by atoms with Crippen molar-refractivity contribution in [2.24, 2.45) is 0 Å². The van der Waals surface area contributed by atoms with Gasteiger partial charge in [-0.3, -0.25) is 0 Å². The Morgan fingerprint density at radius 1 is 0.450 bits per heavy atom. The number of unbranched alkanes of at least 4 members (excludes halogenated alkanes) is 9. The highest BCUT2D eigenvalue weighted by Gasteiger charge is 2.04. The number of halogens is 1. The molecule has 0 atom stereocenters. The van der Waals surface area contributed by atoms with Crippen molar-refractivity contribution < 1.29 is 0 Å². The lowest BCUT2D eigenvalue weighted by Gasteiger charge is -2.22. The molecule has 0 bridgehead atoms. The summed E-state index contributed by atoms with van der Waals surface area (Å²) in [6.45, 7) is 10.9. The average Bonchev–Trinajstić information content (AvgIpc) is 2.43. The predicted octanol–water partition coefficient (Wildman–Crippen LogP) is 6.61. The van der Waals surface area contributed by atoms with E-state index in [0.717, 1.165) is 0 Å². The molecule has 124 valence electrons. The largest absolute Gasteiger partial charge is 0.303 e. The first-order chi connectivity index (χ1) is 9.35. The minimum Gasteiger partial charge on any atom is -0.303 e. The summed E-state index contributed by atoms with van der Waals surface area (Å²) in [6, 6.07) is 0. The van der Waals surface area contributed by atoms with E-state index < -0.39 is 0 Å². The van der Waals surface area contributed by atoms with Gasteiger partial charge in [-0.25, -0.2) is 0 Å². The van der Waals surface area contributed by atoms with E-state index >= 15 is 0 Å². The van der Waals surface area contributed by atoms with Gasteiger partial charge in [-0.05, 0) is 38.9 Å². The van der Waals surface area contributed by atoms with Crippen molar-refractivity contribution >= 4 is 17.0 Å². The Morgan fingerprint density at radius 3 is 1.00 bits per heavy atom. The zero-order valence-corrected chi connectivity index (χ0v) is 16.2. The first-order valence-corrected chi connectivity index (χ1v) is 9.07. The SMILES string of the molecule is Br.CCCCCCN(CCCCCC)CCCCCC. The van der Waals surface area contributed by atoms with Crippen LogP contribution in [0.4, 0.5) is 0 Å². The molecule has 0 aliphatic heterocycles. The smallest absolute Gasteiger partial charge is 0.00187 e. The van der Waals surface area contributed by atoms with E-state index in [4.69, 9.17) is 0 Å². The van der Waals surface area contributed by atoms with Crippen LogP contribution in [0.3, 0.4) is 0 Å². The molecule has 0 saturated carbocycles. The Kier molecular flexibility index (Phi) is 22.1. The second kappa shape index (κ2) is 19.4. The summed E-state index contributed by atoms with van der Waals surface area (Å²) in [6.07, 6.45) is 16.8. The van der Waals surface area contributed by atoms with Gasteiger partial charge in [0.15, 0.2) is 0 Å². The molecule has 0 unspecified atom stereocenters. The Bertz CT molecular complexity index is 133. The minimum atomic E-state index is 0. The molecule has 0 aromatic carbocycles. The number of rotatable bonds is 15. The monoisotopic (exact) mass is 349 g/mol. The third kappa shape index (κ3) is 16.5. The second-order valence-corrected chi connectivity index (χ2v) is 6.02. The summed E-state index contributed by atoms with van der Waals surface area (Å²) >= 11 is 0. The van der Waals surface area contributed by atoms with Gasteiger partial charge in [0.05, 0.1) is 0 Å². The van der Waals surface area contributed by atoms with Gasteiger partial charge in [0, 0.05) is 0 Å². The molecule has 0 saturated heterocycles. The van der Waals surface area contributed by atoms with Crippen LogP contribution in [0.1, 0.15) is 97.8 Å². The molecule has 0 aliphatic rings. The summed E-state index contributed by atoms with van der Waals surface area (Å²) < 4.78 is 0. The van der Waals surface area contributed by atoms with Gasteiger partial charge < -0.3 is 4.90 Å². The molecule has 0 spiro atoms.